The highest BCUT2D eigenvalue weighted by molar-refractivity contribution is 7.85. The summed E-state index contributed by atoms with van der Waals surface area (Å²) in [4.78, 5) is 1.87. The van der Waals surface area contributed by atoms with Gasteiger partial charge in [0.15, 0.2) is 0 Å². The zero-order valence-electron chi connectivity index (χ0n) is 14.5. The van der Waals surface area contributed by atoms with Crippen LogP contribution in [0.15, 0.2) is 76.5 Å². The van der Waals surface area contributed by atoms with E-state index in [0.717, 1.165) is 35.5 Å². The first-order valence-corrected chi connectivity index (χ1v) is 10.0. The SMILES string of the molecule is Cc1ccc([S@@](=O)c2cc3ccc2CCc2ccc(cc2)CC3)cc1. The first-order chi connectivity index (χ1) is 12.2. The van der Waals surface area contributed by atoms with Gasteiger partial charge < -0.3 is 0 Å². The monoisotopic (exact) mass is 346 g/mol. The van der Waals surface area contributed by atoms with E-state index in [2.05, 4.69) is 49.4 Å². The predicted molar refractivity (Wildman–Crippen MR) is 104 cm³/mol. The molecule has 1 nitrogen and oxygen atoms in total. The van der Waals surface area contributed by atoms with Gasteiger partial charge in [0.1, 0.15) is 0 Å². The molecule has 0 saturated carbocycles. The molecule has 4 bridgehead atoms. The number of hydrogen-bond donors (Lipinski definition) is 0. The van der Waals surface area contributed by atoms with Gasteiger partial charge in [-0.25, -0.2) is 4.21 Å². The lowest BCUT2D eigenvalue weighted by Gasteiger charge is -2.14. The van der Waals surface area contributed by atoms with Crippen LogP contribution in [0.4, 0.5) is 0 Å². The Morgan fingerprint density at radius 1 is 0.680 bits per heavy atom. The van der Waals surface area contributed by atoms with E-state index < -0.39 is 10.8 Å². The standard InChI is InChI=1S/C23H22OS/c1-17-2-14-22(15-3-17)25(24)23-16-20-9-8-18-4-6-19(7-5-18)10-12-21(23)13-11-20/h2-7,11,13-16H,8-10,12H2,1H3/t25-/m1/s1. The summed E-state index contributed by atoms with van der Waals surface area (Å²) in [5, 5.41) is 0. The van der Waals surface area contributed by atoms with Gasteiger partial charge >= 0.3 is 0 Å². The van der Waals surface area contributed by atoms with E-state index in [1.54, 1.807) is 0 Å². The Labute approximate surface area is 152 Å². The maximum Gasteiger partial charge on any atom is 0.0852 e. The van der Waals surface area contributed by atoms with Crippen molar-refractivity contribution in [1.82, 2.24) is 0 Å². The molecule has 0 unspecified atom stereocenters. The van der Waals surface area contributed by atoms with Gasteiger partial charge in [0, 0.05) is 9.79 Å². The maximum absolute atomic E-state index is 13.2. The summed E-state index contributed by atoms with van der Waals surface area (Å²) in [6, 6.07) is 23.6. The summed E-state index contributed by atoms with van der Waals surface area (Å²) in [7, 11) is -1.12. The molecule has 0 aliphatic heterocycles. The van der Waals surface area contributed by atoms with Crippen LogP contribution in [-0.2, 0) is 36.5 Å². The summed E-state index contributed by atoms with van der Waals surface area (Å²) in [5.41, 5.74) is 6.38. The van der Waals surface area contributed by atoms with Gasteiger partial charge in [-0.2, -0.15) is 0 Å². The van der Waals surface area contributed by atoms with Crippen molar-refractivity contribution in [3.8, 4) is 0 Å². The predicted octanol–water partition coefficient (Wildman–Crippen LogP) is 5.05. The van der Waals surface area contributed by atoms with Gasteiger partial charge in [-0.3, -0.25) is 0 Å². The molecule has 2 heteroatoms. The fourth-order valence-electron chi connectivity index (χ4n) is 3.36. The largest absolute Gasteiger partial charge is 0.249 e. The van der Waals surface area contributed by atoms with Crippen molar-refractivity contribution in [3.05, 3.63) is 94.5 Å². The highest BCUT2D eigenvalue weighted by Gasteiger charge is 2.14. The zero-order valence-corrected chi connectivity index (χ0v) is 15.3. The van der Waals surface area contributed by atoms with E-state index in [1.807, 2.05) is 24.3 Å². The van der Waals surface area contributed by atoms with Crippen LogP contribution < -0.4 is 0 Å². The second kappa shape index (κ2) is 6.97. The highest BCUT2D eigenvalue weighted by atomic mass is 32.2. The number of hydrogen-bond acceptors (Lipinski definition) is 1. The molecular formula is C23H22OS. The Morgan fingerprint density at radius 3 is 1.92 bits per heavy atom. The van der Waals surface area contributed by atoms with Crippen molar-refractivity contribution in [1.29, 1.82) is 0 Å². The molecule has 0 saturated heterocycles. The summed E-state index contributed by atoms with van der Waals surface area (Å²) in [6.45, 7) is 2.06. The fraction of sp³-hybridized carbons (Fsp3) is 0.217. The molecule has 0 fully saturated rings. The van der Waals surface area contributed by atoms with Crippen LogP contribution in [0.3, 0.4) is 0 Å². The average molecular weight is 346 g/mol. The Bertz CT molecular complexity index is 908. The minimum Gasteiger partial charge on any atom is -0.249 e. The van der Waals surface area contributed by atoms with Gasteiger partial charge in [0.2, 0.25) is 0 Å². The van der Waals surface area contributed by atoms with Crippen LogP contribution in [-0.4, -0.2) is 4.21 Å². The van der Waals surface area contributed by atoms with Crippen molar-refractivity contribution >= 4 is 10.8 Å². The molecule has 0 N–H and O–H groups in total. The maximum atomic E-state index is 13.2. The van der Waals surface area contributed by atoms with Crippen molar-refractivity contribution < 1.29 is 4.21 Å². The topological polar surface area (TPSA) is 17.1 Å². The highest BCUT2D eigenvalue weighted by Crippen LogP contribution is 2.25. The molecule has 0 aromatic heterocycles. The fourth-order valence-corrected chi connectivity index (χ4v) is 4.67. The lowest BCUT2D eigenvalue weighted by molar-refractivity contribution is 0.681. The van der Waals surface area contributed by atoms with E-state index in [0.29, 0.717) is 0 Å². The van der Waals surface area contributed by atoms with Crippen LogP contribution in [0.5, 0.6) is 0 Å². The second-order valence-electron chi connectivity index (χ2n) is 6.84. The third-order valence-corrected chi connectivity index (χ3v) is 6.45. The molecule has 0 amide bonds. The number of aryl methyl sites for hydroxylation is 5. The smallest absolute Gasteiger partial charge is 0.0852 e. The van der Waals surface area contributed by atoms with Crippen molar-refractivity contribution in [2.45, 2.75) is 42.4 Å². The van der Waals surface area contributed by atoms with Crippen molar-refractivity contribution in [3.63, 3.8) is 0 Å². The van der Waals surface area contributed by atoms with E-state index in [4.69, 9.17) is 0 Å². The molecule has 0 heterocycles. The molecule has 25 heavy (non-hydrogen) atoms. The van der Waals surface area contributed by atoms with Gasteiger partial charge in [-0.1, -0.05) is 54.1 Å². The summed E-state index contributed by atoms with van der Waals surface area (Å²) >= 11 is 0. The van der Waals surface area contributed by atoms with Gasteiger partial charge in [0.05, 0.1) is 10.8 Å². The quantitative estimate of drug-likeness (QED) is 0.635. The van der Waals surface area contributed by atoms with Crippen LogP contribution in [0, 0.1) is 6.92 Å². The lowest BCUT2D eigenvalue weighted by atomic mass is 9.97. The molecule has 4 aliphatic rings. The minimum absolute atomic E-state index is 0.888. The molecule has 3 aromatic carbocycles. The molecule has 0 radical (unpaired) electrons. The van der Waals surface area contributed by atoms with Crippen molar-refractivity contribution in [2.75, 3.05) is 0 Å². The Morgan fingerprint density at radius 2 is 1.24 bits per heavy atom. The summed E-state index contributed by atoms with van der Waals surface area (Å²) in [6.07, 6.45) is 3.91. The van der Waals surface area contributed by atoms with E-state index >= 15 is 0 Å². The number of rotatable bonds is 2. The van der Waals surface area contributed by atoms with Crippen LogP contribution in [0.1, 0.15) is 27.8 Å². The third kappa shape index (κ3) is 3.59. The Kier molecular flexibility index (Phi) is 4.54. The van der Waals surface area contributed by atoms with Gasteiger partial charge in [-0.15, -0.1) is 0 Å². The van der Waals surface area contributed by atoms with Crippen LogP contribution >= 0.6 is 0 Å². The van der Waals surface area contributed by atoms with Gasteiger partial charge in [-0.05, 0) is 73.1 Å². The van der Waals surface area contributed by atoms with Crippen LogP contribution in [0.25, 0.3) is 0 Å². The Hall–Kier alpha value is -2.19. The summed E-state index contributed by atoms with van der Waals surface area (Å²) in [5.74, 6) is 0. The first-order valence-electron chi connectivity index (χ1n) is 8.87. The number of benzene rings is 3. The first kappa shape index (κ1) is 16.3. The van der Waals surface area contributed by atoms with Gasteiger partial charge in [0.25, 0.3) is 0 Å². The van der Waals surface area contributed by atoms with E-state index in [-0.39, 0.29) is 0 Å². The summed E-state index contributed by atoms with van der Waals surface area (Å²) < 4.78 is 13.2. The zero-order chi connectivity index (χ0) is 17.2. The second-order valence-corrected chi connectivity index (χ2v) is 8.29. The molecule has 0 spiro atoms. The normalized spacial score (nSPS) is 14.8. The van der Waals surface area contributed by atoms with E-state index in [9.17, 15) is 4.21 Å². The molecule has 126 valence electrons. The van der Waals surface area contributed by atoms with E-state index in [1.165, 1.54) is 27.8 Å². The Balaban J connectivity index is 1.73. The lowest BCUT2D eigenvalue weighted by Crippen LogP contribution is -2.04. The molecule has 7 rings (SSSR count). The molecular weight excluding hydrogens is 324 g/mol. The minimum atomic E-state index is -1.12. The average Bonchev–Trinajstić information content (AvgIpc) is 2.64. The molecule has 3 aromatic rings. The molecule has 1 atom stereocenters. The third-order valence-electron chi connectivity index (χ3n) is 4.97. The van der Waals surface area contributed by atoms with Crippen LogP contribution in [0.2, 0.25) is 0 Å². The van der Waals surface area contributed by atoms with Crippen molar-refractivity contribution in [2.24, 2.45) is 0 Å². The molecule has 4 aliphatic carbocycles.